The molecular formula is C16H18O4. The molecule has 0 aromatic heterocycles. The van der Waals surface area contributed by atoms with Crippen LogP contribution in [0.15, 0.2) is 72.9 Å². The first-order valence-electron chi connectivity index (χ1n) is 5.94. The monoisotopic (exact) mass is 274 g/mol. The third kappa shape index (κ3) is 6.35. The minimum Gasteiger partial charge on any atom is -0.242 e. The summed E-state index contributed by atoms with van der Waals surface area (Å²) in [6, 6.07) is 0. The summed E-state index contributed by atoms with van der Waals surface area (Å²) in [5.41, 5.74) is 0.444. The zero-order valence-electron chi connectivity index (χ0n) is 11.7. The molecule has 0 atom stereocenters. The van der Waals surface area contributed by atoms with Gasteiger partial charge in [-0.3, -0.25) is 0 Å². The maximum Gasteiger partial charge on any atom is 0.386 e. The average Bonchev–Trinajstić information content (AvgIpc) is 2.46. The van der Waals surface area contributed by atoms with Gasteiger partial charge in [0.05, 0.1) is 11.1 Å². The van der Waals surface area contributed by atoms with Gasteiger partial charge in [0.1, 0.15) is 0 Å². The minimum absolute atomic E-state index is 0.156. The van der Waals surface area contributed by atoms with Crippen LogP contribution < -0.4 is 0 Å². The third-order valence-electron chi connectivity index (χ3n) is 2.06. The molecule has 0 saturated heterocycles. The van der Waals surface area contributed by atoms with Crippen LogP contribution in [-0.4, -0.2) is 11.9 Å². The van der Waals surface area contributed by atoms with Crippen LogP contribution in [-0.2, 0) is 19.4 Å². The van der Waals surface area contributed by atoms with Gasteiger partial charge in [0.2, 0.25) is 0 Å². The predicted octanol–water partition coefficient (Wildman–Crippen LogP) is 3.36. The van der Waals surface area contributed by atoms with E-state index in [2.05, 4.69) is 22.9 Å². The summed E-state index contributed by atoms with van der Waals surface area (Å²) in [6.45, 7) is 10.4. The Balaban J connectivity index is 4.65. The van der Waals surface area contributed by atoms with Crippen molar-refractivity contribution in [3.8, 4) is 0 Å². The fourth-order valence-electron chi connectivity index (χ4n) is 1.09. The van der Waals surface area contributed by atoms with Crippen molar-refractivity contribution in [2.24, 2.45) is 0 Å². The van der Waals surface area contributed by atoms with Crippen LogP contribution >= 0.6 is 0 Å². The normalized spacial score (nSPS) is 12.5. The number of carbonyl (C=O) groups excluding carboxylic acids is 2. The lowest BCUT2D eigenvalue weighted by molar-refractivity contribution is -0.251. The molecule has 0 radical (unpaired) electrons. The number of hydrogen-bond donors (Lipinski definition) is 0. The van der Waals surface area contributed by atoms with Crippen molar-refractivity contribution in [2.45, 2.75) is 13.8 Å². The van der Waals surface area contributed by atoms with Gasteiger partial charge in [0, 0.05) is 0 Å². The van der Waals surface area contributed by atoms with Crippen LogP contribution in [0, 0.1) is 0 Å². The average molecular weight is 274 g/mol. The molecule has 0 spiro atoms. The quantitative estimate of drug-likeness (QED) is 0.322. The van der Waals surface area contributed by atoms with E-state index in [-0.39, 0.29) is 11.1 Å². The van der Waals surface area contributed by atoms with Gasteiger partial charge in [0.25, 0.3) is 0 Å². The first kappa shape index (κ1) is 17.4. The Morgan fingerprint density at radius 3 is 2.00 bits per heavy atom. The summed E-state index contributed by atoms with van der Waals surface area (Å²) in [5, 5.41) is 0. The Hall–Kier alpha value is -2.62. The van der Waals surface area contributed by atoms with Crippen molar-refractivity contribution in [3.05, 3.63) is 72.9 Å². The van der Waals surface area contributed by atoms with E-state index >= 15 is 0 Å². The van der Waals surface area contributed by atoms with Gasteiger partial charge < -0.3 is 0 Å². The Morgan fingerprint density at radius 1 is 0.950 bits per heavy atom. The van der Waals surface area contributed by atoms with Crippen LogP contribution in [0.2, 0.25) is 0 Å². The molecule has 0 aliphatic carbocycles. The largest absolute Gasteiger partial charge is 0.386 e. The standard InChI is InChI=1S/C16H18O4/c1-5-9-10-12-14(8-4)16(18)20-19-15(17)13(7-3)11-6-2/h5-12H,1,4H2,2-3H3/b10-9-,11-6-,13-7+,14-12+. The third-order valence-corrected chi connectivity index (χ3v) is 2.06. The van der Waals surface area contributed by atoms with Crippen molar-refractivity contribution >= 4 is 11.9 Å². The molecule has 0 aromatic rings. The number of rotatable bonds is 6. The van der Waals surface area contributed by atoms with Crippen LogP contribution in [0.5, 0.6) is 0 Å². The highest BCUT2D eigenvalue weighted by molar-refractivity contribution is 5.94. The van der Waals surface area contributed by atoms with Gasteiger partial charge in [-0.05, 0) is 19.9 Å². The molecule has 0 rings (SSSR count). The van der Waals surface area contributed by atoms with Crippen molar-refractivity contribution in [1.29, 1.82) is 0 Å². The van der Waals surface area contributed by atoms with Crippen LogP contribution in [0.4, 0.5) is 0 Å². The molecule has 4 nitrogen and oxygen atoms in total. The van der Waals surface area contributed by atoms with E-state index in [0.29, 0.717) is 0 Å². The lowest BCUT2D eigenvalue weighted by Gasteiger charge is -2.03. The van der Waals surface area contributed by atoms with E-state index in [1.807, 2.05) is 0 Å². The summed E-state index contributed by atoms with van der Waals surface area (Å²) in [4.78, 5) is 32.1. The van der Waals surface area contributed by atoms with Crippen molar-refractivity contribution < 1.29 is 19.4 Å². The molecule has 0 N–H and O–H groups in total. The maximum atomic E-state index is 11.6. The van der Waals surface area contributed by atoms with Crippen LogP contribution in [0.25, 0.3) is 0 Å². The number of hydrogen-bond acceptors (Lipinski definition) is 4. The van der Waals surface area contributed by atoms with E-state index in [4.69, 9.17) is 0 Å². The van der Waals surface area contributed by atoms with Crippen LogP contribution in [0.3, 0.4) is 0 Å². The summed E-state index contributed by atoms with van der Waals surface area (Å²) in [7, 11) is 0. The smallest absolute Gasteiger partial charge is 0.242 e. The molecule has 4 heteroatoms. The van der Waals surface area contributed by atoms with Gasteiger partial charge in [-0.2, -0.15) is 0 Å². The second-order valence-corrected chi connectivity index (χ2v) is 3.43. The molecule has 0 aromatic carbocycles. The van der Waals surface area contributed by atoms with Crippen LogP contribution in [0.1, 0.15) is 13.8 Å². The second kappa shape index (κ2) is 10.3. The summed E-state index contributed by atoms with van der Waals surface area (Å²) >= 11 is 0. The SMILES string of the molecule is C=C/C=C\C=C(/C=C)C(=O)OOC(=O)C(/C=C\C)=C/C. The maximum absolute atomic E-state index is 11.6. The Bertz CT molecular complexity index is 491. The molecule has 0 unspecified atom stereocenters. The molecule has 0 heterocycles. The minimum atomic E-state index is -0.807. The lowest BCUT2D eigenvalue weighted by Crippen LogP contribution is -2.13. The molecule has 0 aliphatic heterocycles. The number of allylic oxidation sites excluding steroid dienone is 6. The van der Waals surface area contributed by atoms with Crippen molar-refractivity contribution in [3.63, 3.8) is 0 Å². The van der Waals surface area contributed by atoms with Crippen molar-refractivity contribution in [1.82, 2.24) is 0 Å². The van der Waals surface area contributed by atoms with Crippen molar-refractivity contribution in [2.75, 3.05) is 0 Å². The molecule has 0 saturated carbocycles. The highest BCUT2D eigenvalue weighted by Crippen LogP contribution is 2.05. The Kier molecular flexibility index (Phi) is 8.96. The molecule has 106 valence electrons. The first-order chi connectivity index (χ1) is 9.60. The van der Waals surface area contributed by atoms with Gasteiger partial charge in [-0.15, -0.1) is 0 Å². The highest BCUT2D eigenvalue weighted by Gasteiger charge is 2.14. The van der Waals surface area contributed by atoms with E-state index in [1.165, 1.54) is 12.2 Å². The fourth-order valence-corrected chi connectivity index (χ4v) is 1.09. The zero-order chi connectivity index (χ0) is 15.4. The molecule has 0 amide bonds. The highest BCUT2D eigenvalue weighted by atomic mass is 17.2. The number of carbonyl (C=O) groups is 2. The fraction of sp³-hybridized carbons (Fsp3) is 0.125. The predicted molar refractivity (Wildman–Crippen MR) is 78.4 cm³/mol. The van der Waals surface area contributed by atoms with E-state index in [1.54, 1.807) is 50.3 Å². The zero-order valence-corrected chi connectivity index (χ0v) is 11.7. The second-order valence-electron chi connectivity index (χ2n) is 3.43. The molecule has 0 aliphatic rings. The molecule has 20 heavy (non-hydrogen) atoms. The first-order valence-corrected chi connectivity index (χ1v) is 5.94. The van der Waals surface area contributed by atoms with E-state index < -0.39 is 11.9 Å². The lowest BCUT2D eigenvalue weighted by atomic mass is 10.2. The summed E-state index contributed by atoms with van der Waals surface area (Å²) < 4.78 is 0. The van der Waals surface area contributed by atoms with Gasteiger partial charge in [-0.1, -0.05) is 55.7 Å². The molecule has 0 bridgehead atoms. The Labute approximate surface area is 119 Å². The summed E-state index contributed by atoms with van der Waals surface area (Å²) in [6.07, 6.45) is 12.3. The van der Waals surface area contributed by atoms with Gasteiger partial charge in [-0.25, -0.2) is 19.4 Å². The van der Waals surface area contributed by atoms with Gasteiger partial charge in [0.15, 0.2) is 0 Å². The van der Waals surface area contributed by atoms with E-state index in [9.17, 15) is 9.59 Å². The summed E-state index contributed by atoms with van der Waals surface area (Å²) in [5.74, 6) is -1.55. The Morgan fingerprint density at radius 2 is 1.55 bits per heavy atom. The van der Waals surface area contributed by atoms with Gasteiger partial charge >= 0.3 is 11.9 Å². The molecule has 0 fully saturated rings. The topological polar surface area (TPSA) is 52.6 Å². The molecular weight excluding hydrogens is 256 g/mol. The van der Waals surface area contributed by atoms with E-state index in [0.717, 1.165) is 0 Å².